The highest BCUT2D eigenvalue weighted by atomic mass is 32.2. The van der Waals surface area contributed by atoms with Gasteiger partial charge in [-0.2, -0.15) is 4.72 Å². The summed E-state index contributed by atoms with van der Waals surface area (Å²) in [5, 5.41) is 8.99. The van der Waals surface area contributed by atoms with E-state index in [9.17, 15) is 13.2 Å². The Kier molecular flexibility index (Phi) is 2.86. The molecule has 1 rings (SSSR count). The van der Waals surface area contributed by atoms with Crippen molar-refractivity contribution in [2.24, 2.45) is 0 Å². The lowest BCUT2D eigenvalue weighted by atomic mass is 9.78. The lowest BCUT2D eigenvalue weighted by Crippen LogP contribution is -2.61. The minimum atomic E-state index is -3.59. The van der Waals surface area contributed by atoms with E-state index in [2.05, 4.69) is 4.72 Å². The average molecular weight is 235 g/mol. The highest BCUT2D eigenvalue weighted by molar-refractivity contribution is 7.90. The van der Waals surface area contributed by atoms with Crippen LogP contribution >= 0.6 is 0 Å². The first-order chi connectivity index (χ1) is 6.61. The van der Waals surface area contributed by atoms with E-state index >= 15 is 0 Å². The van der Waals surface area contributed by atoms with Crippen LogP contribution in [-0.4, -0.2) is 29.8 Å². The lowest BCUT2D eigenvalue weighted by molar-refractivity contribution is -0.147. The Bertz CT molecular complexity index is 362. The molecule has 2 N–H and O–H groups in total. The van der Waals surface area contributed by atoms with Crippen molar-refractivity contribution in [2.75, 3.05) is 0 Å². The summed E-state index contributed by atoms with van der Waals surface area (Å²) >= 11 is 0. The molecule has 0 atom stereocenters. The van der Waals surface area contributed by atoms with Crippen LogP contribution in [0.2, 0.25) is 0 Å². The highest BCUT2D eigenvalue weighted by Crippen LogP contribution is 2.34. The third-order valence-electron chi connectivity index (χ3n) is 2.75. The van der Waals surface area contributed by atoms with Gasteiger partial charge in [-0.25, -0.2) is 8.42 Å². The molecule has 6 heteroatoms. The fraction of sp³-hybridized carbons (Fsp3) is 0.889. The number of rotatable bonds is 3. The maximum atomic E-state index is 11.8. The van der Waals surface area contributed by atoms with Gasteiger partial charge < -0.3 is 5.11 Å². The number of carbonyl (C=O) groups is 1. The zero-order chi connectivity index (χ0) is 11.9. The minimum Gasteiger partial charge on any atom is -0.480 e. The van der Waals surface area contributed by atoms with Gasteiger partial charge in [0.05, 0.1) is 4.75 Å². The van der Waals surface area contributed by atoms with Crippen LogP contribution in [0.5, 0.6) is 0 Å². The van der Waals surface area contributed by atoms with Crippen LogP contribution in [0.3, 0.4) is 0 Å². The number of hydrogen-bond donors (Lipinski definition) is 2. The number of hydrogen-bond acceptors (Lipinski definition) is 3. The summed E-state index contributed by atoms with van der Waals surface area (Å²) in [6, 6.07) is 0. The van der Waals surface area contributed by atoms with Crippen LogP contribution in [0, 0.1) is 0 Å². The van der Waals surface area contributed by atoms with E-state index in [0.29, 0.717) is 12.8 Å². The maximum absolute atomic E-state index is 11.8. The Hall–Kier alpha value is -0.620. The lowest BCUT2D eigenvalue weighted by Gasteiger charge is -2.39. The van der Waals surface area contributed by atoms with Crippen LogP contribution in [0.25, 0.3) is 0 Å². The topological polar surface area (TPSA) is 83.5 Å². The molecule has 0 radical (unpaired) electrons. The fourth-order valence-electron chi connectivity index (χ4n) is 1.30. The number of nitrogens with one attached hydrogen (secondary N) is 1. The monoisotopic (exact) mass is 235 g/mol. The normalized spacial score (nSPS) is 20.7. The zero-order valence-corrected chi connectivity index (χ0v) is 10.0. The van der Waals surface area contributed by atoms with Gasteiger partial charge in [-0.05, 0) is 40.0 Å². The summed E-state index contributed by atoms with van der Waals surface area (Å²) in [4.78, 5) is 11.0. The van der Waals surface area contributed by atoms with Crippen molar-refractivity contribution in [2.45, 2.75) is 50.3 Å². The van der Waals surface area contributed by atoms with Crippen molar-refractivity contribution in [1.82, 2.24) is 4.72 Å². The Morgan fingerprint density at radius 2 is 1.80 bits per heavy atom. The summed E-state index contributed by atoms with van der Waals surface area (Å²) < 4.78 is 24.9. The van der Waals surface area contributed by atoms with Gasteiger partial charge in [0.25, 0.3) is 0 Å². The van der Waals surface area contributed by atoms with Crippen molar-refractivity contribution in [3.05, 3.63) is 0 Å². The molecule has 0 heterocycles. The second kappa shape index (κ2) is 3.45. The van der Waals surface area contributed by atoms with E-state index in [4.69, 9.17) is 5.11 Å². The van der Waals surface area contributed by atoms with Gasteiger partial charge in [-0.15, -0.1) is 0 Å². The first kappa shape index (κ1) is 12.4. The van der Waals surface area contributed by atoms with E-state index < -0.39 is 26.3 Å². The maximum Gasteiger partial charge on any atom is 0.324 e. The molecule has 1 saturated carbocycles. The molecular formula is C9H17NO4S. The molecule has 88 valence electrons. The largest absolute Gasteiger partial charge is 0.480 e. The van der Waals surface area contributed by atoms with Gasteiger partial charge in [0.15, 0.2) is 0 Å². The predicted molar refractivity (Wildman–Crippen MR) is 56.0 cm³/mol. The van der Waals surface area contributed by atoms with Gasteiger partial charge in [-0.1, -0.05) is 0 Å². The van der Waals surface area contributed by atoms with Crippen molar-refractivity contribution in [1.29, 1.82) is 0 Å². The average Bonchev–Trinajstić information content (AvgIpc) is 1.93. The number of sulfonamides is 1. The SMILES string of the molecule is CC(C)(C)S(=O)(=O)NC1(C(=O)O)CCC1. The van der Waals surface area contributed by atoms with E-state index in [0.717, 1.165) is 6.42 Å². The minimum absolute atomic E-state index is 0.373. The van der Waals surface area contributed by atoms with Crippen LogP contribution in [0.15, 0.2) is 0 Å². The van der Waals surface area contributed by atoms with E-state index in [1.54, 1.807) is 20.8 Å². The Morgan fingerprint density at radius 3 is 2.00 bits per heavy atom. The van der Waals surface area contributed by atoms with Crippen molar-refractivity contribution in [3.8, 4) is 0 Å². The molecule has 5 nitrogen and oxygen atoms in total. The molecule has 1 aliphatic carbocycles. The third-order valence-corrected chi connectivity index (χ3v) is 5.02. The number of carboxylic acids is 1. The van der Waals surface area contributed by atoms with Crippen molar-refractivity contribution in [3.63, 3.8) is 0 Å². The van der Waals surface area contributed by atoms with E-state index in [1.807, 2.05) is 0 Å². The molecule has 0 aromatic heterocycles. The fourth-order valence-corrected chi connectivity index (χ4v) is 2.41. The molecule has 0 unspecified atom stereocenters. The molecular weight excluding hydrogens is 218 g/mol. The van der Waals surface area contributed by atoms with Gasteiger partial charge in [0, 0.05) is 0 Å². The van der Waals surface area contributed by atoms with Crippen LogP contribution in [0.4, 0.5) is 0 Å². The summed E-state index contributed by atoms with van der Waals surface area (Å²) in [7, 11) is -3.59. The summed E-state index contributed by atoms with van der Waals surface area (Å²) in [6.45, 7) is 4.64. The molecule has 0 saturated heterocycles. The third kappa shape index (κ3) is 2.15. The van der Waals surface area contributed by atoms with Gasteiger partial charge in [-0.3, -0.25) is 4.79 Å². The van der Waals surface area contributed by atoms with Crippen LogP contribution < -0.4 is 4.72 Å². The van der Waals surface area contributed by atoms with E-state index in [1.165, 1.54) is 0 Å². The Morgan fingerprint density at radius 1 is 1.33 bits per heavy atom. The predicted octanol–water partition coefficient (Wildman–Crippen LogP) is 0.712. The quantitative estimate of drug-likeness (QED) is 0.754. The van der Waals surface area contributed by atoms with Gasteiger partial charge in [0.2, 0.25) is 10.0 Å². The summed E-state index contributed by atoms with van der Waals surface area (Å²) in [6.07, 6.45) is 1.49. The smallest absolute Gasteiger partial charge is 0.324 e. The number of aliphatic carboxylic acids is 1. The second-order valence-corrected chi connectivity index (χ2v) is 7.39. The van der Waals surface area contributed by atoms with E-state index in [-0.39, 0.29) is 0 Å². The van der Waals surface area contributed by atoms with Crippen LogP contribution in [-0.2, 0) is 14.8 Å². The molecule has 0 bridgehead atoms. The molecule has 0 aromatic rings. The Labute approximate surface area is 89.9 Å². The molecule has 0 aliphatic heterocycles. The van der Waals surface area contributed by atoms with Gasteiger partial charge in [0.1, 0.15) is 5.54 Å². The first-order valence-corrected chi connectivity index (χ1v) is 6.36. The Balaban J connectivity index is 2.91. The number of carboxylic acid groups (broad SMARTS) is 1. The van der Waals surface area contributed by atoms with Crippen molar-refractivity contribution < 1.29 is 18.3 Å². The molecule has 1 aliphatic rings. The van der Waals surface area contributed by atoms with Crippen LogP contribution in [0.1, 0.15) is 40.0 Å². The van der Waals surface area contributed by atoms with Crippen molar-refractivity contribution >= 4 is 16.0 Å². The second-order valence-electron chi connectivity index (χ2n) is 4.96. The molecule has 0 amide bonds. The molecule has 15 heavy (non-hydrogen) atoms. The standard InChI is InChI=1S/C9H17NO4S/c1-8(2,3)15(13,14)10-9(7(11)12)5-4-6-9/h10H,4-6H2,1-3H3,(H,11,12). The highest BCUT2D eigenvalue weighted by Gasteiger charge is 2.49. The summed E-state index contributed by atoms with van der Waals surface area (Å²) in [5.41, 5.74) is -1.26. The molecule has 0 spiro atoms. The summed E-state index contributed by atoms with van der Waals surface area (Å²) in [5.74, 6) is -1.08. The first-order valence-electron chi connectivity index (χ1n) is 4.88. The molecule has 0 aromatic carbocycles. The van der Waals surface area contributed by atoms with Gasteiger partial charge >= 0.3 is 5.97 Å². The molecule has 1 fully saturated rings. The zero-order valence-electron chi connectivity index (χ0n) is 9.20.